The molecule has 0 aromatic carbocycles. The lowest BCUT2D eigenvalue weighted by Gasteiger charge is -2.19. The van der Waals surface area contributed by atoms with Gasteiger partial charge < -0.3 is 15.5 Å². The van der Waals surface area contributed by atoms with Crippen LogP contribution in [0.4, 0.5) is 29.2 Å². The third-order valence-electron chi connectivity index (χ3n) is 4.77. The van der Waals surface area contributed by atoms with Gasteiger partial charge in [0.15, 0.2) is 11.6 Å². The lowest BCUT2D eigenvalue weighted by molar-refractivity contribution is -0.138. The van der Waals surface area contributed by atoms with Gasteiger partial charge in [0.1, 0.15) is 5.82 Å². The number of rotatable bonds is 5. The molecule has 31 heavy (non-hydrogen) atoms. The maximum atomic E-state index is 14.2. The van der Waals surface area contributed by atoms with E-state index in [1.54, 1.807) is 13.8 Å². The number of anilines is 2. The van der Waals surface area contributed by atoms with Gasteiger partial charge in [0.25, 0.3) is 5.91 Å². The Labute approximate surface area is 175 Å². The standard InChI is InChI=1S/C20H21F4N5O2/c1-11(2)18(30)28-16-7-12(3-5-25-16)19(31)27-14-4-6-29(10-14)17-15(21)8-13(9-26-17)20(22,23)24/h3,5,7-9,11,14H,4,6,10H2,1-2H3,(H,27,31)(H,25,28,30). The number of alkyl halides is 3. The molecule has 2 aromatic heterocycles. The van der Waals surface area contributed by atoms with Crippen LogP contribution in [-0.4, -0.2) is 40.9 Å². The summed E-state index contributed by atoms with van der Waals surface area (Å²) in [5, 5.41) is 5.41. The van der Waals surface area contributed by atoms with Crippen molar-refractivity contribution in [2.24, 2.45) is 5.92 Å². The molecular weight excluding hydrogens is 418 g/mol. The fraction of sp³-hybridized carbons (Fsp3) is 0.400. The molecule has 11 heteroatoms. The van der Waals surface area contributed by atoms with Crippen LogP contribution in [0.1, 0.15) is 36.2 Å². The Morgan fingerprint density at radius 2 is 1.97 bits per heavy atom. The van der Waals surface area contributed by atoms with Gasteiger partial charge in [0, 0.05) is 43.0 Å². The number of halogens is 4. The zero-order valence-corrected chi connectivity index (χ0v) is 16.8. The molecule has 1 fully saturated rings. The molecular formula is C20H21F4N5O2. The third-order valence-corrected chi connectivity index (χ3v) is 4.77. The minimum atomic E-state index is -4.67. The normalized spacial score (nSPS) is 16.5. The van der Waals surface area contributed by atoms with Crippen molar-refractivity contribution in [2.45, 2.75) is 32.5 Å². The lowest BCUT2D eigenvalue weighted by atomic mass is 10.2. The number of carbonyl (C=O) groups excluding carboxylic acids is 2. The molecule has 0 spiro atoms. The van der Waals surface area contributed by atoms with E-state index in [2.05, 4.69) is 20.6 Å². The molecule has 0 saturated carbocycles. The van der Waals surface area contributed by atoms with Gasteiger partial charge in [-0.05, 0) is 24.6 Å². The number of amides is 2. The second-order valence-electron chi connectivity index (χ2n) is 7.51. The zero-order valence-electron chi connectivity index (χ0n) is 16.8. The topological polar surface area (TPSA) is 87.2 Å². The number of carbonyl (C=O) groups is 2. The summed E-state index contributed by atoms with van der Waals surface area (Å²) < 4.78 is 52.2. The van der Waals surface area contributed by atoms with Crippen molar-refractivity contribution in [1.82, 2.24) is 15.3 Å². The molecule has 2 aromatic rings. The van der Waals surface area contributed by atoms with Gasteiger partial charge in [-0.15, -0.1) is 0 Å². The van der Waals surface area contributed by atoms with E-state index in [9.17, 15) is 27.2 Å². The van der Waals surface area contributed by atoms with Crippen molar-refractivity contribution >= 4 is 23.5 Å². The molecule has 1 aliphatic heterocycles. The second kappa shape index (κ2) is 8.86. The average Bonchev–Trinajstić information content (AvgIpc) is 3.15. The highest BCUT2D eigenvalue weighted by Crippen LogP contribution is 2.31. The van der Waals surface area contributed by atoms with E-state index in [-0.39, 0.29) is 41.6 Å². The summed E-state index contributed by atoms with van der Waals surface area (Å²) in [7, 11) is 0. The largest absolute Gasteiger partial charge is 0.417 e. The quantitative estimate of drug-likeness (QED) is 0.699. The molecule has 1 aliphatic rings. The zero-order chi connectivity index (χ0) is 22.8. The summed E-state index contributed by atoms with van der Waals surface area (Å²) in [6.45, 7) is 3.98. The fourth-order valence-corrected chi connectivity index (χ4v) is 3.07. The Morgan fingerprint density at radius 3 is 2.61 bits per heavy atom. The number of nitrogens with zero attached hydrogens (tertiary/aromatic N) is 3. The van der Waals surface area contributed by atoms with Crippen molar-refractivity contribution in [2.75, 3.05) is 23.3 Å². The van der Waals surface area contributed by atoms with Gasteiger partial charge in [-0.2, -0.15) is 13.2 Å². The molecule has 2 amide bonds. The van der Waals surface area contributed by atoms with Gasteiger partial charge in [-0.3, -0.25) is 9.59 Å². The monoisotopic (exact) mass is 439 g/mol. The second-order valence-corrected chi connectivity index (χ2v) is 7.51. The highest BCUT2D eigenvalue weighted by Gasteiger charge is 2.33. The number of hydrogen-bond donors (Lipinski definition) is 2. The van der Waals surface area contributed by atoms with Crippen LogP contribution in [0.25, 0.3) is 0 Å². The van der Waals surface area contributed by atoms with Crippen LogP contribution in [0.5, 0.6) is 0 Å². The number of hydrogen-bond acceptors (Lipinski definition) is 5. The number of aromatic nitrogens is 2. The highest BCUT2D eigenvalue weighted by molar-refractivity contribution is 5.97. The summed E-state index contributed by atoms with van der Waals surface area (Å²) in [4.78, 5) is 33.5. The van der Waals surface area contributed by atoms with Gasteiger partial charge in [0.2, 0.25) is 5.91 Å². The van der Waals surface area contributed by atoms with Crippen LogP contribution >= 0.6 is 0 Å². The lowest BCUT2D eigenvalue weighted by Crippen LogP contribution is -2.37. The number of pyridine rings is 2. The molecule has 3 heterocycles. The Hall–Kier alpha value is -3.24. The molecule has 166 valence electrons. The summed E-state index contributed by atoms with van der Waals surface area (Å²) >= 11 is 0. The fourth-order valence-electron chi connectivity index (χ4n) is 3.07. The van der Waals surface area contributed by atoms with Crippen LogP contribution in [0, 0.1) is 11.7 Å². The Balaban J connectivity index is 1.63. The molecule has 2 N–H and O–H groups in total. The van der Waals surface area contributed by atoms with E-state index in [0.717, 1.165) is 0 Å². The van der Waals surface area contributed by atoms with Crippen molar-refractivity contribution < 1.29 is 27.2 Å². The van der Waals surface area contributed by atoms with Crippen LogP contribution in [0.15, 0.2) is 30.6 Å². The van der Waals surface area contributed by atoms with Crippen molar-refractivity contribution in [3.8, 4) is 0 Å². The predicted octanol–water partition coefficient (Wildman–Crippen LogP) is 3.24. The Morgan fingerprint density at radius 1 is 1.23 bits per heavy atom. The van der Waals surface area contributed by atoms with E-state index in [0.29, 0.717) is 25.2 Å². The first kappa shape index (κ1) is 22.4. The first-order valence-corrected chi connectivity index (χ1v) is 9.60. The van der Waals surface area contributed by atoms with Gasteiger partial charge in [-0.25, -0.2) is 14.4 Å². The minimum absolute atomic E-state index is 0.188. The molecule has 7 nitrogen and oxygen atoms in total. The average molecular weight is 439 g/mol. The van der Waals surface area contributed by atoms with Crippen molar-refractivity contribution in [3.05, 3.63) is 47.5 Å². The maximum Gasteiger partial charge on any atom is 0.417 e. The molecule has 1 atom stereocenters. The first-order chi connectivity index (χ1) is 14.5. The van der Waals surface area contributed by atoms with Crippen LogP contribution in [0.2, 0.25) is 0 Å². The van der Waals surface area contributed by atoms with Gasteiger partial charge >= 0.3 is 6.18 Å². The molecule has 0 radical (unpaired) electrons. The maximum absolute atomic E-state index is 14.2. The summed E-state index contributed by atoms with van der Waals surface area (Å²) in [6.07, 6.45) is -2.22. The van der Waals surface area contributed by atoms with E-state index >= 15 is 0 Å². The molecule has 1 unspecified atom stereocenters. The third kappa shape index (κ3) is 5.47. The van der Waals surface area contributed by atoms with Gasteiger partial charge in [-0.1, -0.05) is 13.8 Å². The van der Waals surface area contributed by atoms with Crippen molar-refractivity contribution in [1.29, 1.82) is 0 Å². The smallest absolute Gasteiger partial charge is 0.352 e. The minimum Gasteiger partial charge on any atom is -0.352 e. The summed E-state index contributed by atoms with van der Waals surface area (Å²) in [5.74, 6) is -1.90. The molecule has 0 bridgehead atoms. The van der Waals surface area contributed by atoms with Crippen LogP contribution < -0.4 is 15.5 Å². The van der Waals surface area contributed by atoms with Crippen LogP contribution in [0.3, 0.4) is 0 Å². The van der Waals surface area contributed by atoms with E-state index in [4.69, 9.17) is 0 Å². The van der Waals surface area contributed by atoms with Crippen molar-refractivity contribution in [3.63, 3.8) is 0 Å². The Bertz CT molecular complexity index is 980. The predicted molar refractivity (Wildman–Crippen MR) is 105 cm³/mol. The SMILES string of the molecule is CC(C)C(=O)Nc1cc(C(=O)NC2CCN(c3ncc(C(F)(F)F)cc3F)C2)ccn1. The summed E-state index contributed by atoms with van der Waals surface area (Å²) in [6, 6.07) is 3.00. The number of nitrogens with one attached hydrogen (secondary N) is 2. The summed E-state index contributed by atoms with van der Waals surface area (Å²) in [5.41, 5.74) is -0.873. The van der Waals surface area contributed by atoms with E-state index < -0.39 is 23.5 Å². The molecule has 3 rings (SSSR count). The first-order valence-electron chi connectivity index (χ1n) is 9.60. The molecule has 1 saturated heterocycles. The Kier molecular flexibility index (Phi) is 6.42. The molecule has 0 aliphatic carbocycles. The van der Waals surface area contributed by atoms with Crippen LogP contribution in [-0.2, 0) is 11.0 Å². The van der Waals surface area contributed by atoms with E-state index in [1.165, 1.54) is 23.2 Å². The highest BCUT2D eigenvalue weighted by atomic mass is 19.4. The van der Waals surface area contributed by atoms with Gasteiger partial charge in [0.05, 0.1) is 5.56 Å². The van der Waals surface area contributed by atoms with E-state index in [1.807, 2.05) is 0 Å².